The molecule has 10 heteroatoms. The Hall–Kier alpha value is -4.18. The molecule has 0 bridgehead atoms. The Morgan fingerprint density at radius 3 is 2.71 bits per heavy atom. The summed E-state index contributed by atoms with van der Waals surface area (Å²) in [6.07, 6.45) is 0.0232. The highest BCUT2D eigenvalue weighted by Crippen LogP contribution is 2.36. The Labute approximate surface area is 175 Å². The first-order valence-corrected chi connectivity index (χ1v) is 9.13. The van der Waals surface area contributed by atoms with E-state index in [0.29, 0.717) is 33.5 Å². The van der Waals surface area contributed by atoms with Crippen molar-refractivity contribution in [3.8, 4) is 17.4 Å². The van der Waals surface area contributed by atoms with Gasteiger partial charge in [0.2, 0.25) is 5.88 Å². The van der Waals surface area contributed by atoms with Gasteiger partial charge in [-0.3, -0.25) is 10.1 Å². The van der Waals surface area contributed by atoms with Gasteiger partial charge in [0.25, 0.3) is 5.69 Å². The largest absolute Gasteiger partial charge is 0.512 e. The van der Waals surface area contributed by atoms with Crippen molar-refractivity contribution >= 4 is 33.6 Å². The van der Waals surface area contributed by atoms with Crippen molar-refractivity contribution in [2.24, 2.45) is 0 Å². The number of H-pyrrole nitrogens is 1. The molecule has 0 saturated carbocycles. The van der Waals surface area contributed by atoms with Crippen LogP contribution in [0.4, 0.5) is 10.5 Å². The molecule has 0 aliphatic heterocycles. The van der Waals surface area contributed by atoms with Gasteiger partial charge < -0.3 is 24.3 Å². The zero-order chi connectivity index (χ0) is 22.1. The van der Waals surface area contributed by atoms with Gasteiger partial charge in [0.15, 0.2) is 0 Å². The number of aryl methyl sites for hydroxylation is 1. The molecule has 4 rings (SSSR count). The predicted molar refractivity (Wildman–Crippen MR) is 111 cm³/mol. The van der Waals surface area contributed by atoms with E-state index in [1.54, 1.807) is 25.1 Å². The van der Waals surface area contributed by atoms with E-state index in [2.05, 4.69) is 9.97 Å². The number of hydrogen-bond donors (Lipinski definition) is 2. The number of nitro groups is 1. The average Bonchev–Trinajstić information content (AvgIpc) is 3.09. The molecule has 0 amide bonds. The minimum Gasteiger partial charge on any atom is -0.457 e. The topological polar surface area (TPSA) is 137 Å². The van der Waals surface area contributed by atoms with E-state index in [-0.39, 0.29) is 18.2 Å². The number of ether oxygens (including phenoxy) is 3. The summed E-state index contributed by atoms with van der Waals surface area (Å²) in [5.41, 5.74) is 2.56. The molecule has 0 radical (unpaired) electrons. The van der Waals surface area contributed by atoms with Crippen LogP contribution in [0.25, 0.3) is 21.8 Å². The lowest BCUT2D eigenvalue weighted by molar-refractivity contribution is -0.384. The number of nitrogens with one attached hydrogen (secondary N) is 1. The standard InChI is InChI=1S/C21H17N3O7/c1-11-7-12(24(27)28)3-6-18(11)30-13-4-5-16-14(8-13)19-15(10-29-2)20(31-21(25)26)22-9-17(19)23-16/h3-9,23H,10H2,1-2H3,(H,25,26). The lowest BCUT2D eigenvalue weighted by Crippen LogP contribution is -2.07. The highest BCUT2D eigenvalue weighted by Gasteiger charge is 2.18. The zero-order valence-corrected chi connectivity index (χ0v) is 16.5. The van der Waals surface area contributed by atoms with Crippen LogP contribution >= 0.6 is 0 Å². The van der Waals surface area contributed by atoms with Crippen LogP contribution in [0.3, 0.4) is 0 Å². The number of carbonyl (C=O) groups is 1. The number of fused-ring (bicyclic) bond motifs is 3. The summed E-state index contributed by atoms with van der Waals surface area (Å²) in [6, 6.07) is 9.74. The number of methoxy groups -OCH3 is 1. The molecule has 158 valence electrons. The molecule has 0 saturated heterocycles. The van der Waals surface area contributed by atoms with Gasteiger partial charge >= 0.3 is 6.16 Å². The molecule has 0 fully saturated rings. The van der Waals surface area contributed by atoms with Crippen LogP contribution in [0, 0.1) is 17.0 Å². The van der Waals surface area contributed by atoms with Gasteiger partial charge in [-0.1, -0.05) is 0 Å². The van der Waals surface area contributed by atoms with Crippen molar-refractivity contribution in [2.75, 3.05) is 7.11 Å². The molecule has 0 aliphatic carbocycles. The van der Waals surface area contributed by atoms with Crippen LogP contribution in [0.15, 0.2) is 42.6 Å². The second-order valence-electron chi connectivity index (χ2n) is 6.77. The maximum absolute atomic E-state index is 11.0. The van der Waals surface area contributed by atoms with Gasteiger partial charge in [0.1, 0.15) is 11.5 Å². The molecule has 0 unspecified atom stereocenters. The molecule has 10 nitrogen and oxygen atoms in total. The van der Waals surface area contributed by atoms with E-state index >= 15 is 0 Å². The number of pyridine rings is 1. The second-order valence-corrected chi connectivity index (χ2v) is 6.77. The minimum atomic E-state index is -1.47. The number of aromatic nitrogens is 2. The number of rotatable bonds is 6. The fourth-order valence-electron chi connectivity index (χ4n) is 3.42. The van der Waals surface area contributed by atoms with Crippen LogP contribution in [0.2, 0.25) is 0 Å². The number of nitrogens with zero attached hydrogens (tertiary/aromatic N) is 2. The van der Waals surface area contributed by atoms with Crippen LogP contribution in [0.5, 0.6) is 17.4 Å². The molecule has 0 spiro atoms. The first kappa shape index (κ1) is 20.1. The molecular weight excluding hydrogens is 406 g/mol. The SMILES string of the molecule is COCc1c(OC(=O)O)ncc2[nH]c3ccc(Oc4ccc([N+](=O)[O-])cc4C)cc3c12. The van der Waals surface area contributed by atoms with Crippen LogP contribution in [-0.4, -0.2) is 33.3 Å². The van der Waals surface area contributed by atoms with Gasteiger partial charge in [-0.25, -0.2) is 9.78 Å². The van der Waals surface area contributed by atoms with Gasteiger partial charge in [0, 0.05) is 35.5 Å². The van der Waals surface area contributed by atoms with Gasteiger partial charge in [-0.15, -0.1) is 0 Å². The molecule has 2 aromatic carbocycles. The summed E-state index contributed by atoms with van der Waals surface area (Å²) < 4.78 is 16.0. The third kappa shape index (κ3) is 3.83. The van der Waals surface area contributed by atoms with Gasteiger partial charge in [-0.05, 0) is 36.8 Å². The van der Waals surface area contributed by atoms with E-state index in [1.807, 2.05) is 6.07 Å². The van der Waals surface area contributed by atoms with E-state index in [0.717, 1.165) is 10.9 Å². The molecule has 0 aliphatic rings. The quantitative estimate of drug-likeness (QED) is 0.253. The molecule has 31 heavy (non-hydrogen) atoms. The molecular formula is C21H17N3O7. The second kappa shape index (κ2) is 7.92. The number of non-ortho nitro benzene ring substituents is 1. The summed E-state index contributed by atoms with van der Waals surface area (Å²) in [6.45, 7) is 1.82. The van der Waals surface area contributed by atoms with Crippen molar-refractivity contribution in [1.29, 1.82) is 0 Å². The van der Waals surface area contributed by atoms with E-state index in [1.165, 1.54) is 25.4 Å². The molecule has 0 atom stereocenters. The highest BCUT2D eigenvalue weighted by atomic mass is 16.7. The van der Waals surface area contributed by atoms with Crippen molar-refractivity contribution in [3.05, 3.63) is 63.8 Å². The summed E-state index contributed by atoms with van der Waals surface area (Å²) in [5.74, 6) is 0.935. The summed E-state index contributed by atoms with van der Waals surface area (Å²) in [5, 5.41) is 21.4. The Kier molecular flexibility index (Phi) is 5.14. The summed E-state index contributed by atoms with van der Waals surface area (Å²) >= 11 is 0. The number of carboxylic acid groups (broad SMARTS) is 1. The Balaban J connectivity index is 1.81. The Morgan fingerprint density at radius 1 is 1.23 bits per heavy atom. The van der Waals surface area contributed by atoms with Crippen LogP contribution < -0.4 is 9.47 Å². The Bertz CT molecular complexity index is 1330. The maximum Gasteiger partial charge on any atom is 0.512 e. The lowest BCUT2D eigenvalue weighted by Gasteiger charge is -2.10. The fourth-order valence-corrected chi connectivity index (χ4v) is 3.42. The van der Waals surface area contributed by atoms with Gasteiger partial charge in [0.05, 0.1) is 28.8 Å². The number of benzene rings is 2. The normalized spacial score (nSPS) is 11.0. The van der Waals surface area contributed by atoms with Crippen LogP contribution in [-0.2, 0) is 11.3 Å². The molecule has 4 aromatic rings. The summed E-state index contributed by atoms with van der Waals surface area (Å²) in [7, 11) is 1.49. The fraction of sp³-hybridized carbons (Fsp3) is 0.143. The Morgan fingerprint density at radius 2 is 2.03 bits per heavy atom. The lowest BCUT2D eigenvalue weighted by atomic mass is 10.1. The molecule has 2 aromatic heterocycles. The van der Waals surface area contributed by atoms with Crippen LogP contribution in [0.1, 0.15) is 11.1 Å². The number of aromatic amines is 1. The molecule has 2 heterocycles. The van der Waals surface area contributed by atoms with Crippen molar-refractivity contribution in [2.45, 2.75) is 13.5 Å². The zero-order valence-electron chi connectivity index (χ0n) is 16.5. The smallest absolute Gasteiger partial charge is 0.457 e. The monoisotopic (exact) mass is 423 g/mol. The predicted octanol–water partition coefficient (Wildman–Crippen LogP) is 4.93. The number of hydrogen-bond acceptors (Lipinski definition) is 7. The maximum atomic E-state index is 11.0. The van der Waals surface area contributed by atoms with Gasteiger partial charge in [-0.2, -0.15) is 0 Å². The number of nitro benzene ring substituents is 1. The van der Waals surface area contributed by atoms with E-state index in [4.69, 9.17) is 19.3 Å². The van der Waals surface area contributed by atoms with E-state index < -0.39 is 11.1 Å². The summed E-state index contributed by atoms with van der Waals surface area (Å²) in [4.78, 5) is 28.8. The van der Waals surface area contributed by atoms with Crippen molar-refractivity contribution in [3.63, 3.8) is 0 Å². The molecule has 2 N–H and O–H groups in total. The first-order chi connectivity index (χ1) is 14.9. The average molecular weight is 423 g/mol. The van der Waals surface area contributed by atoms with E-state index in [9.17, 15) is 14.9 Å². The van der Waals surface area contributed by atoms with Crippen molar-refractivity contribution < 1.29 is 29.0 Å². The first-order valence-electron chi connectivity index (χ1n) is 9.13. The highest BCUT2D eigenvalue weighted by molar-refractivity contribution is 6.09. The van der Waals surface area contributed by atoms with Crippen molar-refractivity contribution in [1.82, 2.24) is 9.97 Å². The third-order valence-electron chi connectivity index (χ3n) is 4.74. The third-order valence-corrected chi connectivity index (χ3v) is 4.74. The minimum absolute atomic E-state index is 0.0143.